The predicted molar refractivity (Wildman–Crippen MR) is 79.4 cm³/mol. The van der Waals surface area contributed by atoms with Gasteiger partial charge >= 0.3 is 0 Å². The van der Waals surface area contributed by atoms with E-state index in [0.29, 0.717) is 23.5 Å². The van der Waals surface area contributed by atoms with Gasteiger partial charge in [0.25, 0.3) is 5.69 Å². The average Bonchev–Trinajstić information content (AvgIpc) is 3.10. The van der Waals surface area contributed by atoms with Crippen LogP contribution in [-0.2, 0) is 11.2 Å². The third-order valence-corrected chi connectivity index (χ3v) is 5.30. The molecule has 106 valence electrons. The largest absolute Gasteiger partial charge is 0.378 e. The van der Waals surface area contributed by atoms with Gasteiger partial charge in [-0.1, -0.05) is 0 Å². The molecule has 1 fully saturated rings. The van der Waals surface area contributed by atoms with Crippen molar-refractivity contribution in [3.63, 3.8) is 0 Å². The van der Waals surface area contributed by atoms with E-state index >= 15 is 0 Å². The molecule has 1 amide bonds. The van der Waals surface area contributed by atoms with Crippen LogP contribution in [-0.4, -0.2) is 28.4 Å². The van der Waals surface area contributed by atoms with Gasteiger partial charge < -0.3 is 10.6 Å². The number of hydrogen-bond acceptors (Lipinski definition) is 5. The lowest BCUT2D eigenvalue weighted by Crippen LogP contribution is -2.18. The molecule has 0 unspecified atom stereocenters. The molecule has 0 bridgehead atoms. The molecule has 7 heteroatoms. The highest BCUT2D eigenvalue weighted by Gasteiger charge is 2.42. The number of nitrogens with one attached hydrogen (secondary N) is 2. The lowest BCUT2D eigenvalue weighted by Gasteiger charge is -2.15. The van der Waals surface area contributed by atoms with E-state index in [0.717, 1.165) is 12.8 Å². The van der Waals surface area contributed by atoms with E-state index in [-0.39, 0.29) is 22.8 Å². The molecular weight excluding hydrogens is 278 g/mol. The Balaban J connectivity index is 1.87. The number of carbonyl (C=O) groups is 1. The molecule has 3 rings (SSSR count). The van der Waals surface area contributed by atoms with E-state index in [1.54, 1.807) is 17.8 Å². The first-order valence-electron chi connectivity index (χ1n) is 6.43. The Hall–Kier alpha value is -1.76. The first kappa shape index (κ1) is 13.2. The predicted octanol–water partition coefficient (Wildman–Crippen LogP) is 2.40. The first-order chi connectivity index (χ1) is 9.53. The minimum Gasteiger partial charge on any atom is -0.378 e. The van der Waals surface area contributed by atoms with Gasteiger partial charge in [-0.15, -0.1) is 0 Å². The molecule has 1 aromatic carbocycles. The second-order valence-electron chi connectivity index (χ2n) is 5.25. The van der Waals surface area contributed by atoms with Crippen LogP contribution in [0.25, 0.3) is 0 Å². The first-order valence-corrected chi connectivity index (χ1v) is 7.66. The van der Waals surface area contributed by atoms with E-state index in [1.165, 1.54) is 6.07 Å². The second-order valence-corrected chi connectivity index (χ2v) is 6.52. The number of nitro benzene ring substituents is 1. The molecule has 0 atom stereocenters. The molecule has 1 aliphatic heterocycles. The molecule has 0 spiro atoms. The Morgan fingerprint density at radius 3 is 2.85 bits per heavy atom. The molecule has 2 aliphatic rings. The smallest absolute Gasteiger partial charge is 0.292 e. The quantitative estimate of drug-likeness (QED) is 0.643. The van der Waals surface area contributed by atoms with Crippen LogP contribution in [0.5, 0.6) is 0 Å². The number of anilines is 2. The molecular formula is C13H15N3O3S. The van der Waals surface area contributed by atoms with E-state index in [2.05, 4.69) is 16.9 Å². The Morgan fingerprint density at radius 2 is 2.25 bits per heavy atom. The van der Waals surface area contributed by atoms with Crippen LogP contribution in [0.2, 0.25) is 0 Å². The number of fused-ring (bicyclic) bond motifs is 1. The third kappa shape index (κ3) is 2.33. The Labute approximate surface area is 120 Å². The summed E-state index contributed by atoms with van der Waals surface area (Å²) in [6, 6.07) is 3.17. The Bertz CT molecular complexity index is 599. The summed E-state index contributed by atoms with van der Waals surface area (Å²) in [6.07, 6.45) is 4.55. The lowest BCUT2D eigenvalue weighted by atomic mass is 10.1. The Morgan fingerprint density at radius 1 is 1.50 bits per heavy atom. The van der Waals surface area contributed by atoms with Gasteiger partial charge in [-0.3, -0.25) is 14.9 Å². The number of rotatable bonds is 5. The van der Waals surface area contributed by atoms with Gasteiger partial charge in [-0.2, -0.15) is 11.8 Å². The summed E-state index contributed by atoms with van der Waals surface area (Å²) in [7, 11) is 0. The molecule has 1 aromatic rings. The van der Waals surface area contributed by atoms with Crippen LogP contribution < -0.4 is 10.6 Å². The van der Waals surface area contributed by atoms with E-state index < -0.39 is 4.92 Å². The number of hydrogen-bond donors (Lipinski definition) is 2. The molecule has 0 aromatic heterocycles. The molecule has 1 saturated carbocycles. The number of nitro groups is 1. The number of benzene rings is 1. The maximum Gasteiger partial charge on any atom is 0.292 e. The fourth-order valence-corrected chi connectivity index (χ4v) is 3.13. The summed E-state index contributed by atoms with van der Waals surface area (Å²) in [6.45, 7) is 0.710. The van der Waals surface area contributed by atoms with Crippen molar-refractivity contribution in [2.75, 3.05) is 23.4 Å². The van der Waals surface area contributed by atoms with Crippen molar-refractivity contribution in [3.8, 4) is 0 Å². The zero-order valence-corrected chi connectivity index (χ0v) is 11.9. The number of amides is 1. The molecule has 0 saturated heterocycles. The summed E-state index contributed by atoms with van der Waals surface area (Å²) in [5, 5.41) is 17.1. The molecule has 2 N–H and O–H groups in total. The molecule has 0 radical (unpaired) electrons. The zero-order chi connectivity index (χ0) is 14.3. The molecule has 20 heavy (non-hydrogen) atoms. The fourth-order valence-electron chi connectivity index (χ4n) is 2.40. The minimum absolute atomic E-state index is 0.0390. The Kier molecular flexibility index (Phi) is 3.08. The minimum atomic E-state index is -0.399. The third-order valence-electron chi connectivity index (χ3n) is 3.89. The summed E-state index contributed by atoms with van der Waals surface area (Å²) < 4.78 is 0.218. The van der Waals surface area contributed by atoms with E-state index in [4.69, 9.17) is 0 Å². The zero-order valence-electron chi connectivity index (χ0n) is 11.1. The second kappa shape index (κ2) is 4.66. The monoisotopic (exact) mass is 293 g/mol. The van der Waals surface area contributed by atoms with Crippen molar-refractivity contribution < 1.29 is 9.72 Å². The maximum atomic E-state index is 11.4. The van der Waals surface area contributed by atoms with E-state index in [1.807, 2.05) is 0 Å². The number of carbonyl (C=O) groups excluding carboxylic acids is 1. The van der Waals surface area contributed by atoms with Crippen LogP contribution in [0.15, 0.2) is 12.1 Å². The SMILES string of the molecule is CSC1(CNc2cc3c(cc2[N+](=O)[O-])CC(=O)N3)CC1. The van der Waals surface area contributed by atoms with Gasteiger partial charge in [0.15, 0.2) is 0 Å². The van der Waals surface area contributed by atoms with Crippen molar-refractivity contribution in [1.29, 1.82) is 0 Å². The van der Waals surface area contributed by atoms with Crippen LogP contribution in [0.4, 0.5) is 17.1 Å². The normalized spacial score (nSPS) is 18.4. The van der Waals surface area contributed by atoms with Crippen LogP contribution in [0.1, 0.15) is 18.4 Å². The highest BCUT2D eigenvalue weighted by molar-refractivity contribution is 8.00. The maximum absolute atomic E-state index is 11.4. The molecule has 1 heterocycles. The van der Waals surface area contributed by atoms with Crippen molar-refractivity contribution in [3.05, 3.63) is 27.8 Å². The fraction of sp³-hybridized carbons (Fsp3) is 0.462. The number of thioether (sulfide) groups is 1. The summed E-state index contributed by atoms with van der Waals surface area (Å²) in [5.74, 6) is -0.116. The van der Waals surface area contributed by atoms with Gasteiger partial charge in [0.05, 0.1) is 11.3 Å². The standard InChI is InChI=1S/C13H15N3O3S/c1-20-13(2-3-13)7-14-10-6-9-8(5-12(17)15-9)4-11(10)16(18)19/h4,6,14H,2-3,5,7H2,1H3,(H,15,17). The highest BCUT2D eigenvalue weighted by atomic mass is 32.2. The summed E-state index contributed by atoms with van der Waals surface area (Å²) in [4.78, 5) is 22.1. The topological polar surface area (TPSA) is 84.3 Å². The molecule has 1 aliphatic carbocycles. The van der Waals surface area contributed by atoms with E-state index in [9.17, 15) is 14.9 Å². The van der Waals surface area contributed by atoms with Gasteiger partial charge in [-0.25, -0.2) is 0 Å². The van der Waals surface area contributed by atoms with Crippen LogP contribution in [0, 0.1) is 10.1 Å². The summed E-state index contributed by atoms with van der Waals surface area (Å²) in [5.41, 5.74) is 1.89. The summed E-state index contributed by atoms with van der Waals surface area (Å²) >= 11 is 1.80. The molecule has 6 nitrogen and oxygen atoms in total. The number of nitrogens with zero attached hydrogens (tertiary/aromatic N) is 1. The van der Waals surface area contributed by atoms with Crippen molar-refractivity contribution in [1.82, 2.24) is 0 Å². The highest BCUT2D eigenvalue weighted by Crippen LogP contribution is 2.47. The van der Waals surface area contributed by atoms with Crippen LogP contribution >= 0.6 is 11.8 Å². The van der Waals surface area contributed by atoms with Crippen LogP contribution in [0.3, 0.4) is 0 Å². The van der Waals surface area contributed by atoms with Gasteiger partial charge in [0.1, 0.15) is 5.69 Å². The van der Waals surface area contributed by atoms with Gasteiger partial charge in [0, 0.05) is 23.0 Å². The van der Waals surface area contributed by atoms with Gasteiger partial charge in [0.2, 0.25) is 5.91 Å². The van der Waals surface area contributed by atoms with Crippen molar-refractivity contribution in [2.45, 2.75) is 24.0 Å². The lowest BCUT2D eigenvalue weighted by molar-refractivity contribution is -0.384. The van der Waals surface area contributed by atoms with Crippen molar-refractivity contribution >= 4 is 34.7 Å². The van der Waals surface area contributed by atoms with Crippen molar-refractivity contribution in [2.24, 2.45) is 0 Å². The average molecular weight is 293 g/mol. The van der Waals surface area contributed by atoms with Gasteiger partial charge in [-0.05, 0) is 30.7 Å².